The van der Waals surface area contributed by atoms with Crippen molar-refractivity contribution in [2.45, 2.75) is 6.42 Å². The molecule has 114 valence electrons. The highest BCUT2D eigenvalue weighted by atomic mass is 16.2. The van der Waals surface area contributed by atoms with Crippen LogP contribution in [0.3, 0.4) is 0 Å². The highest BCUT2D eigenvalue weighted by molar-refractivity contribution is 5.93. The van der Waals surface area contributed by atoms with E-state index in [2.05, 4.69) is 16.0 Å². The fourth-order valence-electron chi connectivity index (χ4n) is 1.92. The molecule has 2 aromatic rings. The van der Waals surface area contributed by atoms with Crippen molar-refractivity contribution in [3.05, 3.63) is 60.2 Å². The summed E-state index contributed by atoms with van der Waals surface area (Å²) in [5.41, 5.74) is 2.54. The highest BCUT2D eigenvalue weighted by Crippen LogP contribution is 2.10. The molecule has 5 heteroatoms. The summed E-state index contributed by atoms with van der Waals surface area (Å²) in [4.78, 5) is 23.1. The number of rotatable bonds is 6. The molecule has 3 N–H and O–H groups in total. The minimum absolute atomic E-state index is 0.0250. The van der Waals surface area contributed by atoms with Gasteiger partial charge in [0.05, 0.1) is 13.0 Å². The van der Waals surface area contributed by atoms with Crippen molar-refractivity contribution < 1.29 is 9.59 Å². The molecule has 0 unspecified atom stereocenters. The number of carbonyl (C=O) groups is 2. The lowest BCUT2D eigenvalue weighted by Gasteiger charge is -2.08. The van der Waals surface area contributed by atoms with Crippen LogP contribution >= 0.6 is 0 Å². The zero-order valence-corrected chi connectivity index (χ0v) is 12.4. The Morgan fingerprint density at radius 3 is 2.18 bits per heavy atom. The summed E-state index contributed by atoms with van der Waals surface area (Å²) in [6.07, 6.45) is 0.352. The Balaban J connectivity index is 1.81. The first-order chi connectivity index (χ1) is 10.7. The summed E-state index contributed by atoms with van der Waals surface area (Å²) in [5.74, 6) is -0.136. The van der Waals surface area contributed by atoms with Crippen LogP contribution in [0, 0.1) is 0 Å². The molecular formula is C17H19N3O2. The molecule has 2 amide bonds. The lowest BCUT2D eigenvalue weighted by atomic mass is 10.1. The molecular weight excluding hydrogens is 278 g/mol. The maximum absolute atomic E-state index is 11.8. The van der Waals surface area contributed by atoms with Crippen LogP contribution in [0.25, 0.3) is 0 Å². The summed E-state index contributed by atoms with van der Waals surface area (Å²) in [6.45, 7) is 0.184. The molecule has 0 aliphatic carbocycles. The predicted molar refractivity (Wildman–Crippen MR) is 87.8 cm³/mol. The molecule has 0 aliphatic heterocycles. The van der Waals surface area contributed by atoms with Crippen molar-refractivity contribution in [3.63, 3.8) is 0 Å². The molecule has 0 bridgehead atoms. The second-order valence-electron chi connectivity index (χ2n) is 4.81. The monoisotopic (exact) mass is 297 g/mol. The molecule has 0 spiro atoms. The molecule has 0 fully saturated rings. The lowest BCUT2D eigenvalue weighted by Crippen LogP contribution is -2.21. The van der Waals surface area contributed by atoms with E-state index in [1.165, 1.54) is 0 Å². The topological polar surface area (TPSA) is 70.2 Å². The number of benzene rings is 2. The summed E-state index contributed by atoms with van der Waals surface area (Å²) in [6, 6.07) is 16.8. The van der Waals surface area contributed by atoms with E-state index in [4.69, 9.17) is 0 Å². The molecule has 0 radical (unpaired) electrons. The Morgan fingerprint density at radius 1 is 0.864 bits per heavy atom. The molecule has 0 saturated heterocycles. The largest absolute Gasteiger partial charge is 0.376 e. The number of hydrogen-bond acceptors (Lipinski definition) is 3. The van der Waals surface area contributed by atoms with Gasteiger partial charge < -0.3 is 16.0 Å². The van der Waals surface area contributed by atoms with Crippen LogP contribution in [0.1, 0.15) is 5.56 Å². The Hall–Kier alpha value is -2.82. The van der Waals surface area contributed by atoms with Gasteiger partial charge in [-0.15, -0.1) is 0 Å². The molecule has 22 heavy (non-hydrogen) atoms. The van der Waals surface area contributed by atoms with Crippen molar-refractivity contribution in [1.82, 2.24) is 5.32 Å². The van der Waals surface area contributed by atoms with Gasteiger partial charge in [-0.25, -0.2) is 0 Å². The van der Waals surface area contributed by atoms with E-state index in [1.54, 1.807) is 7.05 Å². The highest BCUT2D eigenvalue weighted by Gasteiger charge is 2.03. The SMILES string of the molecule is CNC(=O)Cc1ccc(NCC(=O)Nc2ccccc2)cc1. The normalized spacial score (nSPS) is 9.86. The summed E-state index contributed by atoms with van der Waals surface area (Å²) >= 11 is 0. The molecule has 2 rings (SSSR count). The number of likely N-dealkylation sites (N-methyl/N-ethyl adjacent to an activating group) is 1. The van der Waals surface area contributed by atoms with Gasteiger partial charge in [0.15, 0.2) is 0 Å². The van der Waals surface area contributed by atoms with Gasteiger partial charge >= 0.3 is 0 Å². The predicted octanol–water partition coefficient (Wildman–Crippen LogP) is 2.03. The molecule has 2 aromatic carbocycles. The van der Waals surface area contributed by atoms with Gasteiger partial charge in [-0.05, 0) is 29.8 Å². The molecule has 0 aliphatic rings. The fourth-order valence-corrected chi connectivity index (χ4v) is 1.92. The minimum atomic E-state index is -0.111. The van der Waals surface area contributed by atoms with Crippen molar-refractivity contribution in [2.24, 2.45) is 0 Å². The average Bonchev–Trinajstić information content (AvgIpc) is 2.55. The van der Waals surface area contributed by atoms with Crippen molar-refractivity contribution in [3.8, 4) is 0 Å². The summed E-state index contributed by atoms with van der Waals surface area (Å²) < 4.78 is 0. The maximum Gasteiger partial charge on any atom is 0.243 e. The zero-order valence-electron chi connectivity index (χ0n) is 12.4. The maximum atomic E-state index is 11.8. The third kappa shape index (κ3) is 4.94. The number of hydrogen-bond donors (Lipinski definition) is 3. The van der Waals surface area contributed by atoms with E-state index in [9.17, 15) is 9.59 Å². The Bertz CT molecular complexity index is 624. The van der Waals surface area contributed by atoms with Gasteiger partial charge in [-0.1, -0.05) is 30.3 Å². The molecule has 0 atom stereocenters. The van der Waals surface area contributed by atoms with Gasteiger partial charge in [0.1, 0.15) is 0 Å². The molecule has 0 heterocycles. The van der Waals surface area contributed by atoms with E-state index >= 15 is 0 Å². The van der Waals surface area contributed by atoms with E-state index in [1.807, 2.05) is 54.6 Å². The van der Waals surface area contributed by atoms with E-state index in [-0.39, 0.29) is 18.4 Å². The van der Waals surface area contributed by atoms with Gasteiger partial charge in [-0.2, -0.15) is 0 Å². The number of para-hydroxylation sites is 1. The van der Waals surface area contributed by atoms with Crippen LogP contribution in [0.2, 0.25) is 0 Å². The van der Waals surface area contributed by atoms with Crippen molar-refractivity contribution in [2.75, 3.05) is 24.2 Å². The van der Waals surface area contributed by atoms with E-state index in [0.717, 1.165) is 16.9 Å². The van der Waals surface area contributed by atoms with Gasteiger partial charge in [0.2, 0.25) is 11.8 Å². The van der Waals surface area contributed by atoms with Crippen LogP contribution < -0.4 is 16.0 Å². The number of carbonyl (C=O) groups excluding carboxylic acids is 2. The van der Waals surface area contributed by atoms with E-state index < -0.39 is 0 Å². The van der Waals surface area contributed by atoms with Crippen molar-refractivity contribution in [1.29, 1.82) is 0 Å². The van der Waals surface area contributed by atoms with E-state index in [0.29, 0.717) is 6.42 Å². The molecule has 5 nitrogen and oxygen atoms in total. The fraction of sp³-hybridized carbons (Fsp3) is 0.176. The second kappa shape index (κ2) is 7.83. The van der Waals surface area contributed by atoms with Gasteiger partial charge in [-0.3, -0.25) is 9.59 Å². The number of nitrogens with one attached hydrogen (secondary N) is 3. The first-order valence-corrected chi connectivity index (χ1v) is 7.05. The summed E-state index contributed by atoms with van der Waals surface area (Å²) in [5, 5.41) is 8.43. The Morgan fingerprint density at radius 2 is 1.55 bits per heavy atom. The van der Waals surface area contributed by atoms with Crippen LogP contribution in [-0.2, 0) is 16.0 Å². The van der Waals surface area contributed by atoms with Crippen molar-refractivity contribution >= 4 is 23.2 Å². The molecule has 0 aromatic heterocycles. The number of amides is 2. The second-order valence-corrected chi connectivity index (χ2v) is 4.81. The standard InChI is InChI=1S/C17H19N3O2/c1-18-16(21)11-13-7-9-14(10-8-13)19-12-17(22)20-15-5-3-2-4-6-15/h2-10,19H,11-12H2,1H3,(H,18,21)(H,20,22). The van der Waals surface area contributed by atoms with Crippen LogP contribution in [0.5, 0.6) is 0 Å². The van der Waals surface area contributed by atoms with Gasteiger partial charge in [0, 0.05) is 18.4 Å². The smallest absolute Gasteiger partial charge is 0.243 e. The van der Waals surface area contributed by atoms with Crippen LogP contribution in [0.4, 0.5) is 11.4 Å². The summed E-state index contributed by atoms with van der Waals surface area (Å²) in [7, 11) is 1.61. The first-order valence-electron chi connectivity index (χ1n) is 7.05. The third-order valence-corrected chi connectivity index (χ3v) is 3.11. The van der Waals surface area contributed by atoms with Gasteiger partial charge in [0.25, 0.3) is 0 Å². The Kier molecular flexibility index (Phi) is 5.54. The first kappa shape index (κ1) is 15.6. The zero-order chi connectivity index (χ0) is 15.8. The lowest BCUT2D eigenvalue weighted by molar-refractivity contribution is -0.120. The van der Waals surface area contributed by atoms with Crippen LogP contribution in [0.15, 0.2) is 54.6 Å². The quantitative estimate of drug-likeness (QED) is 0.764. The molecule has 0 saturated carbocycles. The van der Waals surface area contributed by atoms with Crippen LogP contribution in [-0.4, -0.2) is 25.4 Å². The third-order valence-electron chi connectivity index (χ3n) is 3.11. The Labute approximate surface area is 129 Å². The number of anilines is 2. The minimum Gasteiger partial charge on any atom is -0.376 e. The average molecular weight is 297 g/mol.